The standard InChI is InChI=1S/C10H14O3/c1-10(9(12)13-2)4-3-8(11)6-5-7(6)10/h6-7H,3-5H2,1-2H3/t6-,7+,10?/m1/s1. The number of fused-ring (bicyclic) bond motifs is 1. The van der Waals surface area contributed by atoms with Crippen molar-refractivity contribution >= 4 is 11.8 Å². The zero-order chi connectivity index (χ0) is 9.64. The van der Waals surface area contributed by atoms with Gasteiger partial charge in [0, 0.05) is 12.3 Å². The molecule has 2 saturated carbocycles. The number of Topliss-reactive ketones (excluding diaryl/α,β-unsaturated/α-hetero) is 1. The maximum absolute atomic E-state index is 11.5. The number of methoxy groups -OCH3 is 1. The molecule has 0 aromatic heterocycles. The fraction of sp³-hybridized carbons (Fsp3) is 0.800. The zero-order valence-corrected chi connectivity index (χ0v) is 8.00. The van der Waals surface area contributed by atoms with Crippen LogP contribution in [0.1, 0.15) is 26.2 Å². The van der Waals surface area contributed by atoms with Crippen molar-refractivity contribution in [3.8, 4) is 0 Å². The first-order valence-corrected chi connectivity index (χ1v) is 4.70. The summed E-state index contributed by atoms with van der Waals surface area (Å²) in [4.78, 5) is 22.8. The molecule has 0 amide bonds. The molecule has 2 rings (SSSR count). The second-order valence-electron chi connectivity index (χ2n) is 4.32. The van der Waals surface area contributed by atoms with E-state index in [1.807, 2.05) is 6.92 Å². The Morgan fingerprint density at radius 1 is 1.62 bits per heavy atom. The second kappa shape index (κ2) is 2.56. The first-order chi connectivity index (χ1) is 6.09. The number of hydrogen-bond acceptors (Lipinski definition) is 3. The van der Waals surface area contributed by atoms with E-state index in [2.05, 4.69) is 0 Å². The second-order valence-corrected chi connectivity index (χ2v) is 4.32. The quantitative estimate of drug-likeness (QED) is 0.571. The first kappa shape index (κ1) is 8.73. The smallest absolute Gasteiger partial charge is 0.311 e. The molecule has 0 aromatic rings. The van der Waals surface area contributed by atoms with Crippen LogP contribution in [-0.4, -0.2) is 18.9 Å². The molecule has 3 nitrogen and oxygen atoms in total. The van der Waals surface area contributed by atoms with Crippen LogP contribution in [0.4, 0.5) is 0 Å². The summed E-state index contributed by atoms with van der Waals surface area (Å²) in [6.07, 6.45) is 2.11. The molecule has 2 aliphatic rings. The number of ketones is 1. The SMILES string of the molecule is COC(=O)C1(C)CCC(=O)[C@@H]2C[C@@H]21. The van der Waals surface area contributed by atoms with E-state index in [4.69, 9.17) is 4.74 Å². The number of carbonyl (C=O) groups is 2. The molecule has 3 heteroatoms. The summed E-state index contributed by atoms with van der Waals surface area (Å²) >= 11 is 0. The predicted octanol–water partition coefficient (Wildman–Crippen LogP) is 1.16. The van der Waals surface area contributed by atoms with Crippen LogP contribution in [0.25, 0.3) is 0 Å². The van der Waals surface area contributed by atoms with Crippen LogP contribution in [-0.2, 0) is 14.3 Å². The Kier molecular flexibility index (Phi) is 1.72. The van der Waals surface area contributed by atoms with E-state index >= 15 is 0 Å². The average Bonchev–Trinajstić information content (AvgIpc) is 2.91. The summed E-state index contributed by atoms with van der Waals surface area (Å²) in [5, 5.41) is 0. The van der Waals surface area contributed by atoms with Gasteiger partial charge in [-0.05, 0) is 25.7 Å². The summed E-state index contributed by atoms with van der Waals surface area (Å²) < 4.78 is 4.77. The molecule has 0 spiro atoms. The number of hydrogen-bond donors (Lipinski definition) is 0. The van der Waals surface area contributed by atoms with Crippen LogP contribution in [0.3, 0.4) is 0 Å². The van der Waals surface area contributed by atoms with Gasteiger partial charge in [-0.15, -0.1) is 0 Å². The van der Waals surface area contributed by atoms with Gasteiger partial charge in [0.05, 0.1) is 12.5 Å². The Morgan fingerprint density at radius 3 is 2.92 bits per heavy atom. The first-order valence-electron chi connectivity index (χ1n) is 4.70. The van der Waals surface area contributed by atoms with Crippen molar-refractivity contribution in [3.63, 3.8) is 0 Å². The van der Waals surface area contributed by atoms with Crippen LogP contribution >= 0.6 is 0 Å². The van der Waals surface area contributed by atoms with Crippen molar-refractivity contribution in [1.29, 1.82) is 0 Å². The Hall–Kier alpha value is -0.860. The molecular formula is C10H14O3. The minimum absolute atomic E-state index is 0.146. The van der Waals surface area contributed by atoms with Gasteiger partial charge >= 0.3 is 5.97 Å². The van der Waals surface area contributed by atoms with E-state index in [1.54, 1.807) is 0 Å². The lowest BCUT2D eigenvalue weighted by Crippen LogP contribution is -2.36. The lowest BCUT2D eigenvalue weighted by molar-refractivity contribution is -0.155. The van der Waals surface area contributed by atoms with Crippen LogP contribution in [0.5, 0.6) is 0 Å². The highest BCUT2D eigenvalue weighted by molar-refractivity contribution is 5.89. The van der Waals surface area contributed by atoms with E-state index in [-0.39, 0.29) is 23.2 Å². The molecule has 0 aliphatic heterocycles. The lowest BCUT2D eigenvalue weighted by atomic mass is 9.75. The molecule has 2 aliphatic carbocycles. The normalized spacial score (nSPS) is 42.5. The fourth-order valence-corrected chi connectivity index (χ4v) is 2.50. The molecule has 0 saturated heterocycles. The van der Waals surface area contributed by atoms with E-state index in [9.17, 15) is 9.59 Å². The minimum atomic E-state index is -0.382. The third-order valence-electron chi connectivity index (χ3n) is 3.56. The van der Waals surface area contributed by atoms with Gasteiger partial charge in [0.1, 0.15) is 5.78 Å². The van der Waals surface area contributed by atoms with Crippen molar-refractivity contribution in [1.82, 2.24) is 0 Å². The molecule has 0 N–H and O–H groups in total. The van der Waals surface area contributed by atoms with E-state index in [0.29, 0.717) is 18.6 Å². The molecule has 0 radical (unpaired) electrons. The molecule has 13 heavy (non-hydrogen) atoms. The Morgan fingerprint density at radius 2 is 2.31 bits per heavy atom. The topological polar surface area (TPSA) is 43.4 Å². The monoisotopic (exact) mass is 182 g/mol. The Labute approximate surface area is 77.4 Å². The van der Waals surface area contributed by atoms with Gasteiger partial charge in [-0.2, -0.15) is 0 Å². The van der Waals surface area contributed by atoms with Crippen molar-refractivity contribution in [2.24, 2.45) is 17.3 Å². The average molecular weight is 182 g/mol. The summed E-state index contributed by atoms with van der Waals surface area (Å²) in [6, 6.07) is 0. The largest absolute Gasteiger partial charge is 0.469 e. The van der Waals surface area contributed by atoms with Crippen LogP contribution in [0.15, 0.2) is 0 Å². The van der Waals surface area contributed by atoms with E-state index in [1.165, 1.54) is 7.11 Å². The van der Waals surface area contributed by atoms with Crippen molar-refractivity contribution < 1.29 is 14.3 Å². The summed E-state index contributed by atoms with van der Waals surface area (Å²) in [5.74, 6) is 0.623. The van der Waals surface area contributed by atoms with Crippen LogP contribution in [0.2, 0.25) is 0 Å². The molecule has 0 heterocycles. The third kappa shape index (κ3) is 1.10. The van der Waals surface area contributed by atoms with Gasteiger partial charge in [0.2, 0.25) is 0 Å². The fourth-order valence-electron chi connectivity index (χ4n) is 2.50. The third-order valence-corrected chi connectivity index (χ3v) is 3.56. The maximum Gasteiger partial charge on any atom is 0.311 e. The summed E-state index contributed by atoms with van der Waals surface area (Å²) in [7, 11) is 1.42. The summed E-state index contributed by atoms with van der Waals surface area (Å²) in [5.41, 5.74) is -0.382. The molecule has 3 atom stereocenters. The minimum Gasteiger partial charge on any atom is -0.469 e. The van der Waals surface area contributed by atoms with Crippen molar-refractivity contribution in [2.45, 2.75) is 26.2 Å². The molecule has 0 bridgehead atoms. The molecule has 72 valence electrons. The van der Waals surface area contributed by atoms with E-state index < -0.39 is 0 Å². The zero-order valence-electron chi connectivity index (χ0n) is 8.00. The highest BCUT2D eigenvalue weighted by Gasteiger charge is 2.60. The molecule has 0 aromatic carbocycles. The van der Waals surface area contributed by atoms with Gasteiger partial charge < -0.3 is 4.74 Å². The van der Waals surface area contributed by atoms with Crippen molar-refractivity contribution in [3.05, 3.63) is 0 Å². The Balaban J connectivity index is 2.17. The molecule has 2 fully saturated rings. The van der Waals surface area contributed by atoms with Crippen LogP contribution < -0.4 is 0 Å². The van der Waals surface area contributed by atoms with Crippen LogP contribution in [0, 0.1) is 17.3 Å². The Bertz CT molecular complexity index is 271. The van der Waals surface area contributed by atoms with Crippen molar-refractivity contribution in [2.75, 3.05) is 7.11 Å². The lowest BCUT2D eigenvalue weighted by Gasteiger charge is -2.29. The predicted molar refractivity (Wildman–Crippen MR) is 46.0 cm³/mol. The van der Waals surface area contributed by atoms with Gasteiger partial charge in [-0.3, -0.25) is 9.59 Å². The number of rotatable bonds is 1. The van der Waals surface area contributed by atoms with Gasteiger partial charge in [0.15, 0.2) is 0 Å². The number of ether oxygens (including phenoxy) is 1. The molecular weight excluding hydrogens is 168 g/mol. The highest BCUT2D eigenvalue weighted by atomic mass is 16.5. The van der Waals surface area contributed by atoms with Gasteiger partial charge in [-0.1, -0.05) is 0 Å². The van der Waals surface area contributed by atoms with E-state index in [0.717, 1.165) is 6.42 Å². The number of esters is 1. The molecule has 1 unspecified atom stereocenters. The summed E-state index contributed by atoms with van der Waals surface area (Å²) in [6.45, 7) is 1.93. The van der Waals surface area contributed by atoms with Gasteiger partial charge in [-0.25, -0.2) is 0 Å². The van der Waals surface area contributed by atoms with Gasteiger partial charge in [0.25, 0.3) is 0 Å². The number of carbonyl (C=O) groups excluding carboxylic acids is 2. The maximum atomic E-state index is 11.5. The highest BCUT2D eigenvalue weighted by Crippen LogP contribution is 2.58.